The third-order valence-corrected chi connectivity index (χ3v) is 6.44. The van der Waals surface area contributed by atoms with E-state index in [1.54, 1.807) is 24.3 Å². The maximum absolute atomic E-state index is 13.5. The number of urea groups is 1. The van der Waals surface area contributed by atoms with Gasteiger partial charge in [0.1, 0.15) is 6.04 Å². The summed E-state index contributed by atoms with van der Waals surface area (Å²) in [5.74, 6) is -0.0496. The molecule has 0 bridgehead atoms. The van der Waals surface area contributed by atoms with Crippen LogP contribution in [0.2, 0.25) is 5.02 Å². The molecule has 1 unspecified atom stereocenters. The van der Waals surface area contributed by atoms with Crippen LogP contribution in [0.15, 0.2) is 24.3 Å². The summed E-state index contributed by atoms with van der Waals surface area (Å²) in [4.78, 5) is 42.6. The number of likely N-dealkylation sites (tertiary alicyclic amines) is 1. The van der Waals surface area contributed by atoms with E-state index in [2.05, 4.69) is 24.5 Å². The summed E-state index contributed by atoms with van der Waals surface area (Å²) < 4.78 is 0. The molecule has 4 amide bonds. The number of hydrogen-bond donors (Lipinski definition) is 2. The van der Waals surface area contributed by atoms with Gasteiger partial charge < -0.3 is 20.4 Å². The van der Waals surface area contributed by atoms with E-state index in [0.717, 1.165) is 64.5 Å². The molecule has 1 aromatic rings. The number of rotatable bonds is 14. The second-order valence-corrected chi connectivity index (χ2v) is 9.46. The van der Waals surface area contributed by atoms with E-state index in [1.807, 2.05) is 9.80 Å². The number of amides is 4. The van der Waals surface area contributed by atoms with E-state index in [4.69, 9.17) is 11.6 Å². The lowest BCUT2D eigenvalue weighted by molar-refractivity contribution is -0.134. The average Bonchev–Trinajstić information content (AvgIpc) is 3.37. The Morgan fingerprint density at radius 3 is 2.12 bits per heavy atom. The first kappa shape index (κ1) is 28.0. The van der Waals surface area contributed by atoms with Gasteiger partial charge in [0.05, 0.1) is 0 Å². The van der Waals surface area contributed by atoms with Gasteiger partial charge in [0, 0.05) is 43.3 Å². The zero-order valence-electron chi connectivity index (χ0n) is 20.8. The number of hydrogen-bond acceptors (Lipinski definition) is 3. The van der Waals surface area contributed by atoms with Crippen molar-refractivity contribution in [1.82, 2.24) is 15.1 Å². The zero-order chi connectivity index (χ0) is 24.8. The maximum atomic E-state index is 13.5. The van der Waals surface area contributed by atoms with E-state index in [-0.39, 0.29) is 18.2 Å². The fourth-order valence-corrected chi connectivity index (χ4v) is 4.29. The van der Waals surface area contributed by atoms with Gasteiger partial charge in [-0.15, -0.1) is 0 Å². The molecule has 0 saturated carbocycles. The highest BCUT2D eigenvalue weighted by Gasteiger charge is 2.28. The monoisotopic (exact) mass is 492 g/mol. The van der Waals surface area contributed by atoms with Gasteiger partial charge in [-0.05, 0) is 56.4 Å². The minimum absolute atomic E-state index is 0.0544. The first-order valence-electron chi connectivity index (χ1n) is 12.8. The van der Waals surface area contributed by atoms with Crippen LogP contribution in [0.5, 0.6) is 0 Å². The minimum atomic E-state index is -0.748. The van der Waals surface area contributed by atoms with Gasteiger partial charge in [-0.2, -0.15) is 0 Å². The molecule has 0 aliphatic carbocycles. The standard InChI is InChI=1S/C26H41ClN4O3/c1-3-5-7-19-31(20-8-6-4-2)25(33)23(15-16-24(32)30-17-9-10-18-30)29-26(34)28-22-13-11-21(27)12-14-22/h11-14,23H,3-10,15-20H2,1-2H3,(H2,28,29,34). The van der Waals surface area contributed by atoms with Crippen molar-refractivity contribution in [2.45, 2.75) is 84.1 Å². The molecule has 2 N–H and O–H groups in total. The van der Waals surface area contributed by atoms with Crippen LogP contribution < -0.4 is 10.6 Å². The third kappa shape index (κ3) is 9.92. The summed E-state index contributed by atoms with van der Waals surface area (Å²) in [6.45, 7) is 7.18. The number of nitrogens with zero attached hydrogens (tertiary/aromatic N) is 2. The van der Waals surface area contributed by atoms with Crippen molar-refractivity contribution in [3.63, 3.8) is 0 Å². The van der Waals surface area contributed by atoms with Crippen LogP contribution in [0, 0.1) is 0 Å². The molecule has 0 radical (unpaired) electrons. The van der Waals surface area contributed by atoms with E-state index < -0.39 is 12.1 Å². The molecular weight excluding hydrogens is 452 g/mol. The van der Waals surface area contributed by atoms with Gasteiger partial charge in [-0.3, -0.25) is 9.59 Å². The molecule has 0 spiro atoms. The molecule has 7 nitrogen and oxygen atoms in total. The first-order chi connectivity index (χ1) is 16.4. The van der Waals surface area contributed by atoms with Gasteiger partial charge in [0.2, 0.25) is 11.8 Å². The van der Waals surface area contributed by atoms with Crippen molar-refractivity contribution in [3.05, 3.63) is 29.3 Å². The molecule has 8 heteroatoms. The predicted molar refractivity (Wildman–Crippen MR) is 138 cm³/mol. The maximum Gasteiger partial charge on any atom is 0.319 e. The van der Waals surface area contributed by atoms with Crippen LogP contribution in [-0.2, 0) is 9.59 Å². The summed E-state index contributed by atoms with van der Waals surface area (Å²) in [6.07, 6.45) is 8.72. The van der Waals surface area contributed by atoms with E-state index in [0.29, 0.717) is 30.2 Å². The molecule has 1 aliphatic heterocycles. The molecule has 1 atom stereocenters. The Morgan fingerprint density at radius 1 is 0.971 bits per heavy atom. The quantitative estimate of drug-likeness (QED) is 0.339. The number of carbonyl (C=O) groups is 3. The molecule has 1 aliphatic rings. The van der Waals surface area contributed by atoms with Gasteiger partial charge in [0.15, 0.2) is 0 Å². The fraction of sp³-hybridized carbons (Fsp3) is 0.654. The molecule has 1 saturated heterocycles. The number of nitrogens with one attached hydrogen (secondary N) is 2. The normalized spacial score (nSPS) is 14.0. The Hall–Kier alpha value is -2.28. The second kappa shape index (κ2) is 15.6. The number of unbranched alkanes of at least 4 members (excludes halogenated alkanes) is 4. The fourth-order valence-electron chi connectivity index (χ4n) is 4.17. The van der Waals surface area contributed by atoms with Crippen LogP contribution in [0.1, 0.15) is 78.1 Å². The summed E-state index contributed by atoms with van der Waals surface area (Å²) >= 11 is 5.92. The third-order valence-electron chi connectivity index (χ3n) is 6.19. The topological polar surface area (TPSA) is 81.8 Å². The highest BCUT2D eigenvalue weighted by Crippen LogP contribution is 2.15. The number of benzene rings is 1. The Bertz CT molecular complexity index is 756. The Morgan fingerprint density at radius 2 is 1.56 bits per heavy atom. The van der Waals surface area contributed by atoms with Gasteiger partial charge in [0.25, 0.3) is 0 Å². The highest BCUT2D eigenvalue weighted by molar-refractivity contribution is 6.30. The van der Waals surface area contributed by atoms with Crippen molar-refractivity contribution in [2.24, 2.45) is 0 Å². The van der Waals surface area contributed by atoms with Gasteiger partial charge in [-0.1, -0.05) is 51.1 Å². The first-order valence-corrected chi connectivity index (χ1v) is 13.2. The van der Waals surface area contributed by atoms with Crippen molar-refractivity contribution < 1.29 is 14.4 Å². The van der Waals surface area contributed by atoms with E-state index in [9.17, 15) is 14.4 Å². The molecule has 1 heterocycles. The Kier molecular flexibility index (Phi) is 12.8. The molecule has 2 rings (SSSR count). The van der Waals surface area contributed by atoms with E-state index >= 15 is 0 Å². The van der Waals surface area contributed by atoms with Gasteiger partial charge >= 0.3 is 6.03 Å². The zero-order valence-corrected chi connectivity index (χ0v) is 21.5. The van der Waals surface area contributed by atoms with E-state index in [1.165, 1.54) is 0 Å². The van der Waals surface area contributed by atoms with Crippen LogP contribution in [-0.4, -0.2) is 59.9 Å². The Balaban J connectivity index is 2.07. The molecule has 1 fully saturated rings. The summed E-state index contributed by atoms with van der Waals surface area (Å²) in [7, 11) is 0. The SMILES string of the molecule is CCCCCN(CCCCC)C(=O)C(CCC(=O)N1CCCC1)NC(=O)Nc1ccc(Cl)cc1. The van der Waals surface area contributed by atoms with Crippen molar-refractivity contribution in [1.29, 1.82) is 0 Å². The number of anilines is 1. The highest BCUT2D eigenvalue weighted by atomic mass is 35.5. The lowest BCUT2D eigenvalue weighted by Crippen LogP contribution is -2.50. The molecule has 34 heavy (non-hydrogen) atoms. The lowest BCUT2D eigenvalue weighted by atomic mass is 10.1. The smallest absolute Gasteiger partial charge is 0.319 e. The summed E-state index contributed by atoms with van der Waals surface area (Å²) in [5, 5.41) is 6.19. The van der Waals surface area contributed by atoms with Crippen LogP contribution in [0.25, 0.3) is 0 Å². The average molecular weight is 493 g/mol. The lowest BCUT2D eigenvalue weighted by Gasteiger charge is -2.28. The van der Waals surface area contributed by atoms with Crippen molar-refractivity contribution >= 4 is 35.1 Å². The van der Waals surface area contributed by atoms with Gasteiger partial charge in [-0.25, -0.2) is 4.79 Å². The summed E-state index contributed by atoms with van der Waals surface area (Å²) in [6, 6.07) is 5.59. The molecule has 0 aromatic heterocycles. The second-order valence-electron chi connectivity index (χ2n) is 9.02. The minimum Gasteiger partial charge on any atom is -0.343 e. The van der Waals surface area contributed by atoms with Crippen LogP contribution >= 0.6 is 11.6 Å². The molecular formula is C26H41ClN4O3. The number of halogens is 1. The number of carbonyl (C=O) groups excluding carboxylic acids is 3. The van der Waals surface area contributed by atoms with Crippen molar-refractivity contribution in [2.75, 3.05) is 31.5 Å². The molecule has 190 valence electrons. The van der Waals surface area contributed by atoms with Crippen LogP contribution in [0.4, 0.5) is 10.5 Å². The summed E-state index contributed by atoms with van der Waals surface area (Å²) in [5.41, 5.74) is 0.587. The Labute approximate surface area is 209 Å². The molecule has 1 aromatic carbocycles. The largest absolute Gasteiger partial charge is 0.343 e. The van der Waals surface area contributed by atoms with Crippen LogP contribution in [0.3, 0.4) is 0 Å². The predicted octanol–water partition coefficient (Wildman–Crippen LogP) is 5.44. The van der Waals surface area contributed by atoms with Crippen molar-refractivity contribution in [3.8, 4) is 0 Å².